The van der Waals surface area contributed by atoms with Gasteiger partial charge in [0.1, 0.15) is 6.07 Å². The third-order valence-electron chi connectivity index (χ3n) is 3.46. The Morgan fingerprint density at radius 1 is 1.26 bits per heavy atom. The molecule has 1 aromatic heterocycles. The number of fused-ring (bicyclic) bond motifs is 1. The van der Waals surface area contributed by atoms with E-state index in [0.717, 1.165) is 25.1 Å². The van der Waals surface area contributed by atoms with Crippen molar-refractivity contribution in [2.24, 2.45) is 0 Å². The molecule has 7 nitrogen and oxygen atoms in total. The molecule has 23 heavy (non-hydrogen) atoms. The van der Waals surface area contributed by atoms with E-state index in [-0.39, 0.29) is 10.6 Å². The number of aryl methyl sites for hydroxylation is 2. The summed E-state index contributed by atoms with van der Waals surface area (Å²) in [6.07, 6.45) is 1.95. The van der Waals surface area contributed by atoms with Crippen LogP contribution in [0.15, 0.2) is 24.3 Å². The second kappa shape index (κ2) is 6.10. The Balaban J connectivity index is 1.65. The van der Waals surface area contributed by atoms with E-state index in [1.54, 1.807) is 6.07 Å². The van der Waals surface area contributed by atoms with E-state index in [1.807, 2.05) is 10.8 Å². The molecule has 0 fully saturated rings. The van der Waals surface area contributed by atoms with Gasteiger partial charge in [-0.15, -0.1) is 0 Å². The number of hydrogen-bond acceptors (Lipinski definition) is 4. The number of nitrogens with zero attached hydrogens (tertiary/aromatic N) is 3. The number of hydrogen-bond donors (Lipinski definition) is 2. The SMILES string of the molecule is N#Cc1cc(NC(=O)C(=O)Nc2cc3n(n2)CCC3)ccc1Cl. The topological polar surface area (TPSA) is 99.8 Å². The quantitative estimate of drug-likeness (QED) is 0.822. The first-order valence-corrected chi connectivity index (χ1v) is 7.33. The standard InChI is InChI=1S/C15H12ClN5O2/c16-12-4-3-10(6-9(12)8-17)18-14(22)15(23)19-13-7-11-2-1-5-21(11)20-13/h3-4,6-7H,1-2,5H2,(H,18,22)(H,19,20,23). The molecule has 0 spiro atoms. The molecule has 0 aliphatic carbocycles. The van der Waals surface area contributed by atoms with Gasteiger partial charge in [0, 0.05) is 24.0 Å². The second-order valence-corrected chi connectivity index (χ2v) is 5.47. The number of nitrogens with one attached hydrogen (secondary N) is 2. The predicted molar refractivity (Wildman–Crippen MR) is 84.0 cm³/mol. The molecule has 0 unspecified atom stereocenters. The highest BCUT2D eigenvalue weighted by molar-refractivity contribution is 6.43. The highest BCUT2D eigenvalue weighted by Crippen LogP contribution is 2.20. The van der Waals surface area contributed by atoms with Crippen molar-refractivity contribution < 1.29 is 9.59 Å². The van der Waals surface area contributed by atoms with Crippen LogP contribution in [0.4, 0.5) is 11.5 Å². The Labute approximate surface area is 136 Å². The average Bonchev–Trinajstić information content (AvgIpc) is 3.10. The summed E-state index contributed by atoms with van der Waals surface area (Å²) in [6, 6.07) is 8.06. The summed E-state index contributed by atoms with van der Waals surface area (Å²) in [6.45, 7) is 0.819. The van der Waals surface area contributed by atoms with E-state index in [2.05, 4.69) is 15.7 Å². The number of amides is 2. The van der Waals surface area contributed by atoms with Gasteiger partial charge in [0.15, 0.2) is 5.82 Å². The van der Waals surface area contributed by atoms with E-state index in [1.165, 1.54) is 18.2 Å². The number of aromatic nitrogens is 2. The van der Waals surface area contributed by atoms with E-state index in [4.69, 9.17) is 16.9 Å². The van der Waals surface area contributed by atoms with Crippen molar-refractivity contribution in [3.05, 3.63) is 40.5 Å². The van der Waals surface area contributed by atoms with Gasteiger partial charge in [-0.2, -0.15) is 10.4 Å². The zero-order chi connectivity index (χ0) is 16.4. The lowest BCUT2D eigenvalue weighted by Gasteiger charge is -2.06. The van der Waals surface area contributed by atoms with Crippen LogP contribution in [0.2, 0.25) is 5.02 Å². The van der Waals surface area contributed by atoms with Gasteiger partial charge in [-0.1, -0.05) is 11.6 Å². The van der Waals surface area contributed by atoms with Gasteiger partial charge >= 0.3 is 11.8 Å². The molecule has 2 amide bonds. The Morgan fingerprint density at radius 2 is 2.04 bits per heavy atom. The van der Waals surface area contributed by atoms with Crippen LogP contribution in [-0.2, 0) is 22.6 Å². The fourth-order valence-electron chi connectivity index (χ4n) is 2.37. The largest absolute Gasteiger partial charge is 0.318 e. The molecule has 116 valence electrons. The van der Waals surface area contributed by atoms with Crippen molar-refractivity contribution in [1.82, 2.24) is 9.78 Å². The van der Waals surface area contributed by atoms with Gasteiger partial charge in [0.05, 0.1) is 10.6 Å². The van der Waals surface area contributed by atoms with E-state index < -0.39 is 11.8 Å². The van der Waals surface area contributed by atoms with E-state index in [9.17, 15) is 9.59 Å². The van der Waals surface area contributed by atoms with Gasteiger partial charge in [-0.05, 0) is 31.0 Å². The molecular formula is C15H12ClN5O2. The Hall–Kier alpha value is -2.85. The molecule has 0 atom stereocenters. The molecule has 1 aromatic carbocycles. The fourth-order valence-corrected chi connectivity index (χ4v) is 2.53. The number of nitriles is 1. The molecule has 2 aromatic rings. The Bertz CT molecular complexity index is 815. The summed E-state index contributed by atoms with van der Waals surface area (Å²) in [5.74, 6) is -1.31. The molecule has 3 rings (SSSR count). The molecule has 0 saturated heterocycles. The summed E-state index contributed by atoms with van der Waals surface area (Å²) >= 11 is 5.81. The molecular weight excluding hydrogens is 318 g/mol. The van der Waals surface area contributed by atoms with E-state index >= 15 is 0 Å². The molecule has 0 saturated carbocycles. The molecule has 1 aliphatic rings. The van der Waals surface area contributed by atoms with Crippen LogP contribution in [0.25, 0.3) is 0 Å². The third kappa shape index (κ3) is 3.17. The number of carbonyl (C=O) groups is 2. The normalized spacial score (nSPS) is 12.3. The molecule has 2 heterocycles. The van der Waals surface area contributed by atoms with Gasteiger partial charge in [-0.3, -0.25) is 14.3 Å². The van der Waals surface area contributed by atoms with Crippen LogP contribution >= 0.6 is 11.6 Å². The highest BCUT2D eigenvalue weighted by Gasteiger charge is 2.19. The number of anilines is 2. The number of halogens is 1. The van der Waals surface area contributed by atoms with Crippen molar-refractivity contribution in [3.63, 3.8) is 0 Å². The lowest BCUT2D eigenvalue weighted by Crippen LogP contribution is -2.29. The summed E-state index contributed by atoms with van der Waals surface area (Å²) in [4.78, 5) is 23.8. The van der Waals surface area contributed by atoms with Crippen LogP contribution in [0, 0.1) is 11.3 Å². The lowest BCUT2D eigenvalue weighted by atomic mass is 10.2. The van der Waals surface area contributed by atoms with E-state index in [0.29, 0.717) is 11.5 Å². The molecule has 2 N–H and O–H groups in total. The maximum absolute atomic E-state index is 11.9. The molecule has 8 heteroatoms. The van der Waals surface area contributed by atoms with Crippen molar-refractivity contribution in [2.45, 2.75) is 19.4 Å². The Morgan fingerprint density at radius 3 is 2.78 bits per heavy atom. The molecule has 0 bridgehead atoms. The average molecular weight is 330 g/mol. The maximum Gasteiger partial charge on any atom is 0.315 e. The first kappa shape index (κ1) is 15.1. The maximum atomic E-state index is 11.9. The van der Waals surface area contributed by atoms with Crippen molar-refractivity contribution >= 4 is 34.9 Å². The van der Waals surface area contributed by atoms with Crippen molar-refractivity contribution in [2.75, 3.05) is 10.6 Å². The zero-order valence-corrected chi connectivity index (χ0v) is 12.7. The first-order valence-electron chi connectivity index (χ1n) is 6.95. The lowest BCUT2D eigenvalue weighted by molar-refractivity contribution is -0.133. The van der Waals surface area contributed by atoms with Crippen molar-refractivity contribution in [1.29, 1.82) is 5.26 Å². The minimum atomic E-state index is -0.843. The van der Waals surface area contributed by atoms with Crippen LogP contribution in [0.1, 0.15) is 17.7 Å². The second-order valence-electron chi connectivity index (χ2n) is 5.06. The number of benzene rings is 1. The van der Waals surface area contributed by atoms with Crippen molar-refractivity contribution in [3.8, 4) is 6.07 Å². The van der Waals surface area contributed by atoms with Gasteiger partial charge in [0.2, 0.25) is 0 Å². The zero-order valence-electron chi connectivity index (χ0n) is 12.0. The minimum Gasteiger partial charge on any atom is -0.318 e. The monoisotopic (exact) mass is 329 g/mol. The highest BCUT2D eigenvalue weighted by atomic mass is 35.5. The summed E-state index contributed by atoms with van der Waals surface area (Å²) in [5, 5.41) is 18.3. The van der Waals surface area contributed by atoms with Crippen LogP contribution < -0.4 is 10.6 Å². The third-order valence-corrected chi connectivity index (χ3v) is 3.79. The van der Waals surface area contributed by atoms with Gasteiger partial charge in [-0.25, -0.2) is 0 Å². The van der Waals surface area contributed by atoms with Gasteiger partial charge in [0.25, 0.3) is 0 Å². The first-order chi connectivity index (χ1) is 11.1. The minimum absolute atomic E-state index is 0.218. The summed E-state index contributed by atoms with van der Waals surface area (Å²) in [5.41, 5.74) is 1.57. The summed E-state index contributed by atoms with van der Waals surface area (Å²) in [7, 11) is 0. The molecule has 1 aliphatic heterocycles. The predicted octanol–water partition coefficient (Wildman–Crippen LogP) is 1.93. The van der Waals surface area contributed by atoms with Crippen LogP contribution in [-0.4, -0.2) is 21.6 Å². The fraction of sp³-hybridized carbons (Fsp3) is 0.200. The van der Waals surface area contributed by atoms with Crippen LogP contribution in [0.3, 0.4) is 0 Å². The smallest absolute Gasteiger partial charge is 0.315 e. The Kier molecular flexibility index (Phi) is 4.00. The number of rotatable bonds is 2. The molecule has 0 radical (unpaired) electrons. The van der Waals surface area contributed by atoms with Gasteiger partial charge < -0.3 is 10.6 Å². The summed E-state index contributed by atoms with van der Waals surface area (Å²) < 4.78 is 1.81. The number of carbonyl (C=O) groups excluding carboxylic acids is 2. The van der Waals surface area contributed by atoms with Crippen LogP contribution in [0.5, 0.6) is 0 Å².